The number of nitrogens with one attached hydrogen (secondary N) is 1. The molecule has 0 spiro atoms. The van der Waals surface area contributed by atoms with Crippen LogP contribution in [0.15, 0.2) is 78.9 Å². The molecule has 138 valence electrons. The van der Waals surface area contributed by atoms with E-state index in [4.69, 9.17) is 4.74 Å². The van der Waals surface area contributed by atoms with Gasteiger partial charge in [-0.2, -0.15) is 0 Å². The molecular formula is C24H25NO2. The fraction of sp³-hybridized carbons (Fsp3) is 0.208. The Morgan fingerprint density at radius 1 is 0.889 bits per heavy atom. The normalized spacial score (nSPS) is 11.6. The van der Waals surface area contributed by atoms with Crippen molar-refractivity contribution in [1.82, 2.24) is 5.32 Å². The zero-order valence-corrected chi connectivity index (χ0v) is 15.8. The maximum absolute atomic E-state index is 12.2. The first kappa shape index (κ1) is 18.7. The molecule has 0 saturated heterocycles. The molecule has 0 bridgehead atoms. The second-order valence-corrected chi connectivity index (χ2v) is 6.60. The number of ether oxygens (including phenoxy) is 1. The van der Waals surface area contributed by atoms with E-state index in [9.17, 15) is 4.79 Å². The number of amides is 1. The number of carbonyl (C=O) groups is 1. The van der Waals surface area contributed by atoms with E-state index in [0.29, 0.717) is 12.2 Å². The smallest absolute Gasteiger partial charge is 0.251 e. The summed E-state index contributed by atoms with van der Waals surface area (Å²) in [7, 11) is 0. The molecule has 27 heavy (non-hydrogen) atoms. The van der Waals surface area contributed by atoms with Gasteiger partial charge in [-0.3, -0.25) is 4.79 Å². The number of carbonyl (C=O) groups excluding carboxylic acids is 1. The molecule has 0 saturated carbocycles. The van der Waals surface area contributed by atoms with E-state index in [1.54, 1.807) is 0 Å². The van der Waals surface area contributed by atoms with Gasteiger partial charge in [0.05, 0.1) is 6.61 Å². The molecule has 0 aromatic heterocycles. The first-order chi connectivity index (χ1) is 13.2. The third-order valence-corrected chi connectivity index (χ3v) is 4.41. The van der Waals surface area contributed by atoms with Crippen LogP contribution in [0.25, 0.3) is 11.1 Å². The van der Waals surface area contributed by atoms with Crippen LogP contribution in [0.2, 0.25) is 0 Å². The van der Waals surface area contributed by atoms with Crippen molar-refractivity contribution in [2.45, 2.75) is 26.3 Å². The number of rotatable bonds is 7. The van der Waals surface area contributed by atoms with Crippen LogP contribution in [0, 0.1) is 0 Å². The molecule has 0 aliphatic rings. The average molecular weight is 359 g/mol. The minimum atomic E-state index is -0.0332. The molecule has 1 amide bonds. The van der Waals surface area contributed by atoms with E-state index in [1.807, 2.05) is 56.3 Å². The first-order valence-electron chi connectivity index (χ1n) is 9.34. The fourth-order valence-corrected chi connectivity index (χ4v) is 3.04. The Hall–Kier alpha value is -3.07. The number of hydrogen-bond acceptors (Lipinski definition) is 2. The first-order valence-corrected chi connectivity index (χ1v) is 9.34. The summed E-state index contributed by atoms with van der Waals surface area (Å²) in [4.78, 5) is 12.2. The lowest BCUT2D eigenvalue weighted by Crippen LogP contribution is -2.34. The van der Waals surface area contributed by atoms with E-state index in [0.717, 1.165) is 17.7 Å². The van der Waals surface area contributed by atoms with Crippen molar-refractivity contribution in [2.24, 2.45) is 0 Å². The second-order valence-electron chi connectivity index (χ2n) is 6.60. The largest absolute Gasteiger partial charge is 0.494 e. The third kappa shape index (κ3) is 5.20. The average Bonchev–Trinajstić information content (AvgIpc) is 2.70. The van der Waals surface area contributed by atoms with Crippen molar-refractivity contribution in [2.75, 3.05) is 6.61 Å². The summed E-state index contributed by atoms with van der Waals surface area (Å²) < 4.78 is 5.49. The van der Waals surface area contributed by atoms with Crippen LogP contribution in [0.1, 0.15) is 29.8 Å². The maximum Gasteiger partial charge on any atom is 0.251 e. The van der Waals surface area contributed by atoms with Gasteiger partial charge in [0.25, 0.3) is 5.91 Å². The highest BCUT2D eigenvalue weighted by atomic mass is 16.5. The van der Waals surface area contributed by atoms with Crippen LogP contribution >= 0.6 is 0 Å². The number of benzene rings is 3. The summed E-state index contributed by atoms with van der Waals surface area (Å²) in [5.41, 5.74) is 4.22. The number of hydrogen-bond donors (Lipinski definition) is 1. The lowest BCUT2D eigenvalue weighted by molar-refractivity contribution is 0.0940. The molecule has 1 atom stereocenters. The van der Waals surface area contributed by atoms with Gasteiger partial charge in [0.15, 0.2) is 0 Å². The maximum atomic E-state index is 12.2. The summed E-state index contributed by atoms with van der Waals surface area (Å²) in [6.07, 6.45) is 0.794. The van der Waals surface area contributed by atoms with Crippen LogP contribution < -0.4 is 10.1 Å². The van der Waals surface area contributed by atoms with Gasteiger partial charge in [-0.1, -0.05) is 54.6 Å². The highest BCUT2D eigenvalue weighted by molar-refractivity contribution is 5.94. The SMILES string of the molecule is CCOc1ccc(-c2ccc(CC(C)NC(=O)c3ccccc3)cc2)cc1. The molecular weight excluding hydrogens is 334 g/mol. The van der Waals surface area contributed by atoms with Crippen LogP contribution in [0.4, 0.5) is 0 Å². The van der Waals surface area contributed by atoms with Gasteiger partial charge in [-0.05, 0) is 61.2 Å². The van der Waals surface area contributed by atoms with Crippen molar-refractivity contribution in [3.63, 3.8) is 0 Å². The minimum Gasteiger partial charge on any atom is -0.494 e. The topological polar surface area (TPSA) is 38.3 Å². The highest BCUT2D eigenvalue weighted by Gasteiger charge is 2.10. The molecule has 3 aromatic carbocycles. The van der Waals surface area contributed by atoms with Gasteiger partial charge in [0.1, 0.15) is 5.75 Å². The van der Waals surface area contributed by atoms with Gasteiger partial charge in [0, 0.05) is 11.6 Å². The Kier molecular flexibility index (Phi) is 6.26. The lowest BCUT2D eigenvalue weighted by Gasteiger charge is -2.14. The summed E-state index contributed by atoms with van der Waals surface area (Å²) in [6.45, 7) is 4.68. The molecule has 3 heteroatoms. The van der Waals surface area contributed by atoms with E-state index in [-0.39, 0.29) is 11.9 Å². The van der Waals surface area contributed by atoms with Crippen molar-refractivity contribution >= 4 is 5.91 Å². The van der Waals surface area contributed by atoms with E-state index < -0.39 is 0 Å². The van der Waals surface area contributed by atoms with Crippen molar-refractivity contribution in [3.05, 3.63) is 90.0 Å². The Morgan fingerprint density at radius 2 is 1.48 bits per heavy atom. The molecule has 3 nitrogen and oxygen atoms in total. The predicted octanol–water partition coefficient (Wildman–Crippen LogP) is 5.11. The van der Waals surface area contributed by atoms with Crippen LogP contribution in [-0.2, 0) is 6.42 Å². The molecule has 0 aliphatic carbocycles. The van der Waals surface area contributed by atoms with Crippen LogP contribution in [0.5, 0.6) is 5.75 Å². The molecule has 1 unspecified atom stereocenters. The van der Waals surface area contributed by atoms with Gasteiger partial charge >= 0.3 is 0 Å². The van der Waals surface area contributed by atoms with Crippen LogP contribution in [-0.4, -0.2) is 18.6 Å². The van der Waals surface area contributed by atoms with Crippen molar-refractivity contribution in [1.29, 1.82) is 0 Å². The Balaban J connectivity index is 1.59. The van der Waals surface area contributed by atoms with Crippen molar-refractivity contribution < 1.29 is 9.53 Å². The van der Waals surface area contributed by atoms with E-state index in [1.165, 1.54) is 11.1 Å². The third-order valence-electron chi connectivity index (χ3n) is 4.41. The van der Waals surface area contributed by atoms with E-state index in [2.05, 4.69) is 41.7 Å². The lowest BCUT2D eigenvalue weighted by atomic mass is 10.0. The van der Waals surface area contributed by atoms with E-state index >= 15 is 0 Å². The molecule has 3 aromatic rings. The molecule has 0 heterocycles. The zero-order chi connectivity index (χ0) is 19.1. The summed E-state index contributed by atoms with van der Waals surface area (Å²) >= 11 is 0. The monoisotopic (exact) mass is 359 g/mol. The molecule has 0 radical (unpaired) electrons. The van der Waals surface area contributed by atoms with Gasteiger partial charge < -0.3 is 10.1 Å². The molecule has 0 aliphatic heterocycles. The fourth-order valence-electron chi connectivity index (χ4n) is 3.04. The van der Waals surface area contributed by atoms with Crippen LogP contribution in [0.3, 0.4) is 0 Å². The van der Waals surface area contributed by atoms with Gasteiger partial charge in [-0.15, -0.1) is 0 Å². The summed E-state index contributed by atoms with van der Waals surface area (Å²) in [5.74, 6) is 0.856. The molecule has 3 rings (SSSR count). The highest BCUT2D eigenvalue weighted by Crippen LogP contribution is 2.23. The molecule has 1 N–H and O–H groups in total. The minimum absolute atomic E-state index is 0.0332. The van der Waals surface area contributed by atoms with Gasteiger partial charge in [-0.25, -0.2) is 0 Å². The van der Waals surface area contributed by atoms with Gasteiger partial charge in [0.2, 0.25) is 0 Å². The Morgan fingerprint density at radius 3 is 2.07 bits per heavy atom. The quantitative estimate of drug-likeness (QED) is 0.636. The summed E-state index contributed by atoms with van der Waals surface area (Å²) in [6, 6.07) is 26.0. The standard InChI is InChI=1S/C24H25NO2/c1-3-27-23-15-13-21(14-16-23)20-11-9-19(10-12-20)17-18(2)25-24(26)22-7-5-4-6-8-22/h4-16,18H,3,17H2,1-2H3,(H,25,26). The van der Waals surface area contributed by atoms with Crippen molar-refractivity contribution in [3.8, 4) is 16.9 Å². The zero-order valence-electron chi connectivity index (χ0n) is 15.8. The second kappa shape index (κ2) is 9.04. The molecule has 0 fully saturated rings. The predicted molar refractivity (Wildman–Crippen MR) is 110 cm³/mol. The Labute approximate surface area is 161 Å². The Bertz CT molecular complexity index is 855. The summed E-state index contributed by atoms with van der Waals surface area (Å²) in [5, 5.41) is 3.06.